The first-order valence-electron chi connectivity index (χ1n) is 5.14. The number of carbonyl (C=O) groups is 1. The summed E-state index contributed by atoms with van der Waals surface area (Å²) >= 11 is 5.00. The Balaban J connectivity index is 2.46. The van der Waals surface area contributed by atoms with Gasteiger partial charge >= 0.3 is 5.97 Å². The zero-order valence-corrected chi connectivity index (χ0v) is 10.1. The van der Waals surface area contributed by atoms with Crippen molar-refractivity contribution in [3.63, 3.8) is 0 Å². The predicted molar refractivity (Wildman–Crippen MR) is 66.8 cm³/mol. The van der Waals surface area contributed by atoms with Gasteiger partial charge in [-0.2, -0.15) is 0 Å². The molecule has 1 heterocycles. The van der Waals surface area contributed by atoms with Crippen LogP contribution >= 0.6 is 12.2 Å². The van der Waals surface area contributed by atoms with Crippen LogP contribution in [-0.4, -0.2) is 20.9 Å². The summed E-state index contributed by atoms with van der Waals surface area (Å²) in [7, 11) is 1.76. The molecule has 88 valence electrons. The monoisotopic (exact) mass is 248 g/mol. The molecule has 0 aliphatic rings. The SMILES string of the molecule is Cn1[nH]c(=S)c(C(=O)O)c1Cc1ccccc1. The summed E-state index contributed by atoms with van der Waals surface area (Å²) in [4.78, 5) is 11.1. The maximum atomic E-state index is 11.1. The Hall–Kier alpha value is -1.88. The van der Waals surface area contributed by atoms with Crippen LogP contribution in [-0.2, 0) is 13.5 Å². The standard InChI is InChI=1S/C12H12N2O2S/c1-14-9(7-8-5-3-2-4-6-8)10(12(15)16)11(17)13-14/h2-6H,7H2,1H3,(H,13,17)(H,15,16). The molecule has 0 atom stereocenters. The van der Waals surface area contributed by atoms with E-state index in [0.29, 0.717) is 12.1 Å². The van der Waals surface area contributed by atoms with E-state index in [1.807, 2.05) is 30.3 Å². The van der Waals surface area contributed by atoms with Crippen molar-refractivity contribution in [2.24, 2.45) is 7.05 Å². The number of aryl methyl sites for hydroxylation is 1. The molecule has 2 N–H and O–H groups in total. The van der Waals surface area contributed by atoms with Gasteiger partial charge < -0.3 is 5.11 Å². The molecule has 0 saturated heterocycles. The molecule has 0 aliphatic carbocycles. The van der Waals surface area contributed by atoms with Crippen LogP contribution in [0.2, 0.25) is 0 Å². The lowest BCUT2D eigenvalue weighted by Gasteiger charge is -2.04. The Bertz CT molecular complexity index is 599. The lowest BCUT2D eigenvalue weighted by molar-refractivity contribution is 0.0695. The molecule has 0 radical (unpaired) electrons. The van der Waals surface area contributed by atoms with Gasteiger partial charge in [0.2, 0.25) is 0 Å². The average Bonchev–Trinajstić information content (AvgIpc) is 2.55. The zero-order valence-electron chi connectivity index (χ0n) is 9.30. The maximum Gasteiger partial charge on any atom is 0.340 e. The van der Waals surface area contributed by atoms with E-state index in [4.69, 9.17) is 17.3 Å². The minimum Gasteiger partial charge on any atom is -0.478 e. The van der Waals surface area contributed by atoms with E-state index < -0.39 is 5.97 Å². The third-order valence-electron chi connectivity index (χ3n) is 2.62. The summed E-state index contributed by atoms with van der Waals surface area (Å²) in [5.74, 6) is -0.988. The van der Waals surface area contributed by atoms with E-state index in [0.717, 1.165) is 5.56 Å². The molecule has 4 nitrogen and oxygen atoms in total. The summed E-state index contributed by atoms with van der Waals surface area (Å²) in [5.41, 5.74) is 1.93. The lowest BCUT2D eigenvalue weighted by atomic mass is 10.1. The fourth-order valence-electron chi connectivity index (χ4n) is 1.79. The van der Waals surface area contributed by atoms with Crippen molar-refractivity contribution in [3.05, 3.63) is 51.8 Å². The number of aromatic carboxylic acids is 1. The van der Waals surface area contributed by atoms with E-state index in [1.54, 1.807) is 11.7 Å². The summed E-state index contributed by atoms with van der Waals surface area (Å²) < 4.78 is 1.93. The summed E-state index contributed by atoms with van der Waals surface area (Å²) in [6, 6.07) is 9.70. The van der Waals surface area contributed by atoms with Crippen molar-refractivity contribution >= 4 is 18.2 Å². The number of rotatable bonds is 3. The number of hydrogen-bond donors (Lipinski definition) is 2. The lowest BCUT2D eigenvalue weighted by Crippen LogP contribution is -2.05. The van der Waals surface area contributed by atoms with E-state index in [1.165, 1.54) is 0 Å². The molecule has 5 heteroatoms. The van der Waals surface area contributed by atoms with Crippen molar-refractivity contribution in [1.82, 2.24) is 9.78 Å². The molecule has 2 aromatic rings. The molecule has 0 amide bonds. The first-order valence-corrected chi connectivity index (χ1v) is 5.55. The fourth-order valence-corrected chi connectivity index (χ4v) is 2.13. The quantitative estimate of drug-likeness (QED) is 0.820. The molecule has 0 fully saturated rings. The van der Waals surface area contributed by atoms with Gasteiger partial charge in [0.15, 0.2) is 0 Å². The van der Waals surface area contributed by atoms with Crippen LogP contribution in [0.25, 0.3) is 0 Å². The largest absolute Gasteiger partial charge is 0.478 e. The number of nitrogens with zero attached hydrogens (tertiary/aromatic N) is 1. The summed E-state index contributed by atoms with van der Waals surface area (Å²) in [5, 5.41) is 12.0. The number of aromatic amines is 1. The molecular formula is C12H12N2O2S. The second-order valence-corrected chi connectivity index (χ2v) is 4.20. The molecule has 0 saturated carbocycles. The van der Waals surface area contributed by atoms with Crippen LogP contribution in [0, 0.1) is 4.64 Å². The summed E-state index contributed by atoms with van der Waals surface area (Å²) in [6.07, 6.45) is 0.548. The number of carboxylic acids is 1. The highest BCUT2D eigenvalue weighted by atomic mass is 32.1. The second-order valence-electron chi connectivity index (χ2n) is 3.79. The Morgan fingerprint density at radius 1 is 1.41 bits per heavy atom. The maximum absolute atomic E-state index is 11.1. The Labute approximate surface area is 104 Å². The molecular weight excluding hydrogens is 236 g/mol. The molecule has 0 unspecified atom stereocenters. The number of nitrogens with one attached hydrogen (secondary N) is 1. The number of benzene rings is 1. The molecule has 0 aliphatic heterocycles. The molecule has 1 aromatic carbocycles. The van der Waals surface area contributed by atoms with E-state index in [-0.39, 0.29) is 10.2 Å². The predicted octanol–water partition coefficient (Wildman–Crippen LogP) is 2.37. The first kappa shape index (κ1) is 11.6. The van der Waals surface area contributed by atoms with Gasteiger partial charge in [-0.1, -0.05) is 42.5 Å². The third-order valence-corrected chi connectivity index (χ3v) is 2.91. The van der Waals surface area contributed by atoms with Gasteiger partial charge in [0.1, 0.15) is 10.2 Å². The number of H-pyrrole nitrogens is 1. The Morgan fingerprint density at radius 3 is 2.65 bits per heavy atom. The molecule has 0 spiro atoms. The van der Waals surface area contributed by atoms with E-state index in [9.17, 15) is 4.79 Å². The highest BCUT2D eigenvalue weighted by molar-refractivity contribution is 7.71. The number of aromatic nitrogens is 2. The van der Waals surface area contributed by atoms with Gasteiger partial charge in [-0.15, -0.1) is 0 Å². The van der Waals surface area contributed by atoms with Crippen molar-refractivity contribution < 1.29 is 9.90 Å². The Kier molecular flexibility index (Phi) is 3.10. The highest BCUT2D eigenvalue weighted by Gasteiger charge is 2.17. The number of hydrogen-bond acceptors (Lipinski definition) is 2. The zero-order chi connectivity index (χ0) is 12.4. The smallest absolute Gasteiger partial charge is 0.340 e. The molecule has 0 bridgehead atoms. The van der Waals surface area contributed by atoms with Gasteiger partial charge in [0, 0.05) is 13.5 Å². The average molecular weight is 248 g/mol. The van der Waals surface area contributed by atoms with Gasteiger partial charge in [-0.3, -0.25) is 9.78 Å². The van der Waals surface area contributed by atoms with Crippen molar-refractivity contribution in [3.8, 4) is 0 Å². The number of carboxylic acid groups (broad SMARTS) is 1. The van der Waals surface area contributed by atoms with Crippen molar-refractivity contribution in [2.75, 3.05) is 0 Å². The van der Waals surface area contributed by atoms with Gasteiger partial charge in [-0.25, -0.2) is 4.79 Å². The first-order chi connectivity index (χ1) is 8.09. The minimum absolute atomic E-state index is 0.186. The van der Waals surface area contributed by atoms with E-state index >= 15 is 0 Å². The molecule has 2 rings (SSSR count). The summed E-state index contributed by atoms with van der Waals surface area (Å²) in [6.45, 7) is 0. The normalized spacial score (nSPS) is 10.4. The van der Waals surface area contributed by atoms with Crippen LogP contribution in [0.15, 0.2) is 30.3 Å². The van der Waals surface area contributed by atoms with Crippen LogP contribution in [0.5, 0.6) is 0 Å². The topological polar surface area (TPSA) is 58.0 Å². The highest BCUT2D eigenvalue weighted by Crippen LogP contribution is 2.15. The third kappa shape index (κ3) is 2.29. The van der Waals surface area contributed by atoms with Crippen molar-refractivity contribution in [1.29, 1.82) is 0 Å². The van der Waals surface area contributed by atoms with Crippen molar-refractivity contribution in [2.45, 2.75) is 6.42 Å². The molecule has 17 heavy (non-hydrogen) atoms. The van der Waals surface area contributed by atoms with Crippen LogP contribution in [0.1, 0.15) is 21.6 Å². The second kappa shape index (κ2) is 4.55. The van der Waals surface area contributed by atoms with Crippen LogP contribution < -0.4 is 0 Å². The van der Waals surface area contributed by atoms with Gasteiger partial charge in [0.05, 0.1) is 5.69 Å². The Morgan fingerprint density at radius 2 is 2.06 bits per heavy atom. The van der Waals surface area contributed by atoms with Gasteiger partial charge in [-0.05, 0) is 5.56 Å². The van der Waals surface area contributed by atoms with Crippen LogP contribution in [0.4, 0.5) is 0 Å². The van der Waals surface area contributed by atoms with Crippen LogP contribution in [0.3, 0.4) is 0 Å². The van der Waals surface area contributed by atoms with E-state index in [2.05, 4.69) is 5.10 Å². The minimum atomic E-state index is -0.988. The fraction of sp³-hybridized carbons (Fsp3) is 0.167. The van der Waals surface area contributed by atoms with Gasteiger partial charge in [0.25, 0.3) is 0 Å². The molecule has 1 aromatic heterocycles.